The Bertz CT molecular complexity index is 778. The van der Waals surface area contributed by atoms with E-state index in [1.807, 2.05) is 0 Å². The van der Waals surface area contributed by atoms with Crippen molar-refractivity contribution >= 4 is 23.2 Å². The molecule has 0 atom stereocenters. The maximum absolute atomic E-state index is 13.0. The highest BCUT2D eigenvalue weighted by Crippen LogP contribution is 2.29. The first-order valence-corrected chi connectivity index (χ1v) is 8.00. The minimum absolute atomic E-state index is 0.0755. The Kier molecular flexibility index (Phi) is 6.54. The van der Waals surface area contributed by atoms with Crippen LogP contribution in [0.1, 0.15) is 13.3 Å². The van der Waals surface area contributed by atoms with E-state index in [0.29, 0.717) is 22.9 Å². The quantitative estimate of drug-likeness (QED) is 0.823. The molecule has 0 fully saturated rings. The summed E-state index contributed by atoms with van der Waals surface area (Å²) in [6.45, 7) is 1.57. The number of hydrogen-bond donors (Lipinski definition) is 1. The molecule has 0 radical (unpaired) electrons. The molecular formula is C19H21FN2O4. The molecule has 1 N–H and O–H groups in total. The first kappa shape index (κ1) is 19.2. The molecule has 0 saturated carbocycles. The number of ether oxygens (including phenoxy) is 2. The van der Waals surface area contributed by atoms with Gasteiger partial charge in [-0.1, -0.05) is 0 Å². The summed E-state index contributed by atoms with van der Waals surface area (Å²) >= 11 is 0. The van der Waals surface area contributed by atoms with Gasteiger partial charge in [0, 0.05) is 31.6 Å². The average Bonchev–Trinajstić information content (AvgIpc) is 2.63. The maximum atomic E-state index is 13.0. The van der Waals surface area contributed by atoms with Crippen LogP contribution in [-0.4, -0.2) is 32.6 Å². The van der Waals surface area contributed by atoms with E-state index < -0.39 is 0 Å². The molecule has 2 rings (SSSR count). The third-order valence-corrected chi connectivity index (χ3v) is 3.76. The van der Waals surface area contributed by atoms with Crippen LogP contribution in [0.5, 0.6) is 11.5 Å². The van der Waals surface area contributed by atoms with Crippen molar-refractivity contribution in [1.29, 1.82) is 0 Å². The van der Waals surface area contributed by atoms with Crippen LogP contribution in [0.15, 0.2) is 42.5 Å². The summed E-state index contributed by atoms with van der Waals surface area (Å²) in [6.07, 6.45) is 0.0755. The summed E-state index contributed by atoms with van der Waals surface area (Å²) in [5, 5.41) is 2.75. The van der Waals surface area contributed by atoms with Crippen LogP contribution in [0, 0.1) is 5.82 Å². The predicted octanol–water partition coefficient (Wildman–Crippen LogP) is 3.22. The Balaban J connectivity index is 2.02. The molecule has 2 aromatic rings. The van der Waals surface area contributed by atoms with Gasteiger partial charge in [0.25, 0.3) is 0 Å². The number of rotatable bonds is 7. The topological polar surface area (TPSA) is 67.9 Å². The molecule has 0 bridgehead atoms. The summed E-state index contributed by atoms with van der Waals surface area (Å²) in [5.74, 6) is 0.188. The van der Waals surface area contributed by atoms with Gasteiger partial charge < -0.3 is 19.7 Å². The second kappa shape index (κ2) is 8.84. The predicted molar refractivity (Wildman–Crippen MR) is 97.2 cm³/mol. The maximum Gasteiger partial charge on any atom is 0.226 e. The molecule has 2 aromatic carbocycles. The van der Waals surface area contributed by atoms with Gasteiger partial charge in [-0.25, -0.2) is 4.39 Å². The SMILES string of the molecule is COc1ccc(NC(=O)CCN(C(C)=O)c2ccc(F)cc2)c(OC)c1. The fraction of sp³-hybridized carbons (Fsp3) is 0.263. The van der Waals surface area contributed by atoms with Gasteiger partial charge >= 0.3 is 0 Å². The van der Waals surface area contributed by atoms with Crippen molar-refractivity contribution < 1.29 is 23.5 Å². The zero-order valence-electron chi connectivity index (χ0n) is 14.9. The van der Waals surface area contributed by atoms with Crippen LogP contribution in [0.25, 0.3) is 0 Å². The Labute approximate surface area is 151 Å². The number of hydrogen-bond acceptors (Lipinski definition) is 4. The Morgan fingerprint density at radius 2 is 1.77 bits per heavy atom. The molecule has 0 heterocycles. The number of amides is 2. The lowest BCUT2D eigenvalue weighted by molar-refractivity contribution is -0.117. The highest BCUT2D eigenvalue weighted by molar-refractivity contribution is 5.95. The smallest absolute Gasteiger partial charge is 0.226 e. The molecule has 26 heavy (non-hydrogen) atoms. The zero-order chi connectivity index (χ0) is 19.1. The molecule has 0 saturated heterocycles. The Morgan fingerprint density at radius 3 is 2.35 bits per heavy atom. The molecule has 0 aliphatic rings. The van der Waals surface area contributed by atoms with Gasteiger partial charge in [-0.05, 0) is 36.4 Å². The summed E-state index contributed by atoms with van der Waals surface area (Å²) in [7, 11) is 3.04. The highest BCUT2D eigenvalue weighted by atomic mass is 19.1. The standard InChI is InChI=1S/C19H21FN2O4/c1-13(23)22(15-6-4-14(20)5-7-15)11-10-19(24)21-17-9-8-16(25-2)12-18(17)26-3/h4-9,12H,10-11H2,1-3H3,(H,21,24). The minimum Gasteiger partial charge on any atom is -0.497 e. The molecule has 7 heteroatoms. The summed E-state index contributed by atoms with van der Waals surface area (Å²) in [6, 6.07) is 10.6. The third kappa shape index (κ3) is 4.95. The van der Waals surface area contributed by atoms with Crippen LogP contribution in [0.4, 0.5) is 15.8 Å². The van der Waals surface area contributed by atoms with Crippen molar-refractivity contribution in [1.82, 2.24) is 0 Å². The summed E-state index contributed by atoms with van der Waals surface area (Å²) in [4.78, 5) is 25.5. The molecule has 0 aliphatic carbocycles. The van der Waals surface area contributed by atoms with E-state index in [1.165, 1.54) is 43.2 Å². The van der Waals surface area contributed by atoms with Gasteiger partial charge in [-0.2, -0.15) is 0 Å². The van der Waals surface area contributed by atoms with Gasteiger partial charge in [0.1, 0.15) is 17.3 Å². The Hall–Kier alpha value is -3.09. The molecule has 0 aliphatic heterocycles. The highest BCUT2D eigenvalue weighted by Gasteiger charge is 2.15. The molecule has 0 aromatic heterocycles. The number of carbonyl (C=O) groups excluding carboxylic acids is 2. The molecule has 0 spiro atoms. The monoisotopic (exact) mass is 360 g/mol. The minimum atomic E-state index is -0.387. The van der Waals surface area contributed by atoms with E-state index in [2.05, 4.69) is 5.32 Å². The van der Waals surface area contributed by atoms with Crippen molar-refractivity contribution in [3.63, 3.8) is 0 Å². The van der Waals surface area contributed by atoms with E-state index in [4.69, 9.17) is 9.47 Å². The van der Waals surface area contributed by atoms with Gasteiger partial charge in [0.15, 0.2) is 0 Å². The van der Waals surface area contributed by atoms with Gasteiger partial charge in [0.2, 0.25) is 11.8 Å². The number of methoxy groups -OCH3 is 2. The van der Waals surface area contributed by atoms with Crippen LogP contribution in [-0.2, 0) is 9.59 Å². The van der Waals surface area contributed by atoms with E-state index in [-0.39, 0.29) is 30.6 Å². The number of benzene rings is 2. The average molecular weight is 360 g/mol. The van der Waals surface area contributed by atoms with E-state index in [1.54, 1.807) is 25.3 Å². The number of carbonyl (C=O) groups is 2. The van der Waals surface area contributed by atoms with E-state index >= 15 is 0 Å². The Morgan fingerprint density at radius 1 is 1.08 bits per heavy atom. The molecular weight excluding hydrogens is 339 g/mol. The normalized spacial score (nSPS) is 10.2. The van der Waals surface area contributed by atoms with Gasteiger partial charge in [-0.15, -0.1) is 0 Å². The number of halogens is 1. The van der Waals surface area contributed by atoms with Crippen LogP contribution in [0.2, 0.25) is 0 Å². The second-order valence-electron chi connectivity index (χ2n) is 5.51. The van der Waals surface area contributed by atoms with Gasteiger partial charge in [-0.3, -0.25) is 9.59 Å². The number of anilines is 2. The number of nitrogens with zero attached hydrogens (tertiary/aromatic N) is 1. The lowest BCUT2D eigenvalue weighted by atomic mass is 10.2. The summed E-state index contributed by atoms with van der Waals surface area (Å²) < 4.78 is 23.4. The fourth-order valence-corrected chi connectivity index (χ4v) is 2.42. The van der Waals surface area contributed by atoms with Gasteiger partial charge in [0.05, 0.1) is 19.9 Å². The van der Waals surface area contributed by atoms with Crippen LogP contribution < -0.4 is 19.7 Å². The molecule has 6 nitrogen and oxygen atoms in total. The second-order valence-corrected chi connectivity index (χ2v) is 5.51. The first-order valence-electron chi connectivity index (χ1n) is 8.00. The fourth-order valence-electron chi connectivity index (χ4n) is 2.42. The lowest BCUT2D eigenvalue weighted by Crippen LogP contribution is -2.32. The van der Waals surface area contributed by atoms with Crippen LogP contribution >= 0.6 is 0 Å². The third-order valence-electron chi connectivity index (χ3n) is 3.76. The molecule has 0 unspecified atom stereocenters. The number of nitrogens with one attached hydrogen (secondary N) is 1. The van der Waals surface area contributed by atoms with Crippen molar-refractivity contribution in [3.05, 3.63) is 48.3 Å². The molecule has 138 valence electrons. The van der Waals surface area contributed by atoms with E-state index in [9.17, 15) is 14.0 Å². The van der Waals surface area contributed by atoms with Crippen molar-refractivity contribution in [3.8, 4) is 11.5 Å². The van der Waals surface area contributed by atoms with Crippen LogP contribution in [0.3, 0.4) is 0 Å². The lowest BCUT2D eigenvalue weighted by Gasteiger charge is -2.21. The zero-order valence-corrected chi connectivity index (χ0v) is 14.9. The largest absolute Gasteiger partial charge is 0.497 e. The van der Waals surface area contributed by atoms with Crippen molar-refractivity contribution in [2.24, 2.45) is 0 Å². The summed E-state index contributed by atoms with van der Waals surface area (Å²) in [5.41, 5.74) is 1.04. The first-order chi connectivity index (χ1) is 12.4. The van der Waals surface area contributed by atoms with Crippen molar-refractivity contribution in [2.75, 3.05) is 31.0 Å². The van der Waals surface area contributed by atoms with Crippen molar-refractivity contribution in [2.45, 2.75) is 13.3 Å². The molecule has 2 amide bonds. The van der Waals surface area contributed by atoms with E-state index in [0.717, 1.165) is 0 Å².